The van der Waals surface area contributed by atoms with Crippen LogP contribution in [0.3, 0.4) is 0 Å². The number of fused-ring (bicyclic) bond motifs is 1. The monoisotopic (exact) mass is 420 g/mol. The Morgan fingerprint density at radius 2 is 1.83 bits per heavy atom. The summed E-state index contributed by atoms with van der Waals surface area (Å²) in [5.74, 6) is -0.292. The molecular formula is C20H19F3N4OS. The number of alkyl halides is 3. The Balaban J connectivity index is 0.00000240. The fourth-order valence-corrected chi connectivity index (χ4v) is 3.44. The van der Waals surface area contributed by atoms with E-state index in [9.17, 15) is 18.0 Å². The smallest absolute Gasteiger partial charge is 0.305 e. The van der Waals surface area contributed by atoms with Crippen LogP contribution in [-0.2, 0) is 6.18 Å². The van der Waals surface area contributed by atoms with E-state index >= 15 is 0 Å². The van der Waals surface area contributed by atoms with Crippen LogP contribution in [0.5, 0.6) is 0 Å². The number of anilines is 1. The highest BCUT2D eigenvalue weighted by Crippen LogP contribution is 2.34. The fourth-order valence-electron chi connectivity index (χ4n) is 3.44. The Kier molecular flexibility index (Phi) is 5.44. The number of nitrogens with zero attached hydrogens (tertiary/aromatic N) is 4. The van der Waals surface area contributed by atoms with Crippen molar-refractivity contribution in [2.75, 3.05) is 11.4 Å². The summed E-state index contributed by atoms with van der Waals surface area (Å²) < 4.78 is 40.2. The molecular weight excluding hydrogens is 401 g/mol. The number of carbonyl (C=O) groups is 1. The lowest BCUT2D eigenvalue weighted by Gasteiger charge is -2.32. The number of benzene rings is 1. The van der Waals surface area contributed by atoms with E-state index in [1.165, 1.54) is 17.0 Å². The molecule has 0 bridgehead atoms. The minimum Gasteiger partial charge on any atom is -0.305 e. The average Bonchev–Trinajstić information content (AvgIpc) is 3.10. The normalized spacial score (nSPS) is 16.4. The first-order valence-corrected chi connectivity index (χ1v) is 8.75. The molecule has 3 heterocycles. The summed E-state index contributed by atoms with van der Waals surface area (Å²) >= 11 is 0. The molecule has 0 fully saturated rings. The highest BCUT2D eigenvalue weighted by Gasteiger charge is 2.35. The molecule has 4 rings (SSSR count). The number of rotatable bonds is 2. The first-order valence-electron chi connectivity index (χ1n) is 8.75. The molecule has 0 N–H and O–H groups in total. The van der Waals surface area contributed by atoms with E-state index < -0.39 is 11.7 Å². The van der Waals surface area contributed by atoms with Crippen molar-refractivity contribution in [1.82, 2.24) is 14.8 Å². The van der Waals surface area contributed by atoms with Gasteiger partial charge in [-0.25, -0.2) is 0 Å². The molecule has 1 aromatic carbocycles. The van der Waals surface area contributed by atoms with Crippen LogP contribution in [0.2, 0.25) is 0 Å². The molecule has 0 saturated carbocycles. The summed E-state index contributed by atoms with van der Waals surface area (Å²) in [5, 5.41) is 4.37. The largest absolute Gasteiger partial charge is 0.416 e. The number of hydrogen-bond acceptors (Lipinski definition) is 3. The summed E-state index contributed by atoms with van der Waals surface area (Å²) in [4.78, 5) is 18.9. The van der Waals surface area contributed by atoms with Gasteiger partial charge in [-0.15, -0.1) is 0 Å². The zero-order valence-corrected chi connectivity index (χ0v) is 16.7. The Labute approximate surface area is 172 Å². The average molecular weight is 420 g/mol. The van der Waals surface area contributed by atoms with Gasteiger partial charge in [-0.1, -0.05) is 0 Å². The van der Waals surface area contributed by atoms with Gasteiger partial charge < -0.3 is 4.90 Å². The van der Waals surface area contributed by atoms with Crippen molar-refractivity contribution in [2.45, 2.75) is 26.1 Å². The van der Waals surface area contributed by atoms with Crippen LogP contribution in [0.25, 0.3) is 11.1 Å². The predicted octanol–water partition coefficient (Wildman–Crippen LogP) is 4.61. The topological polar surface area (TPSA) is 51.0 Å². The van der Waals surface area contributed by atoms with E-state index in [2.05, 4.69) is 10.1 Å². The van der Waals surface area contributed by atoms with Gasteiger partial charge in [-0.2, -0.15) is 31.8 Å². The number of pyridine rings is 1. The van der Waals surface area contributed by atoms with Crippen molar-refractivity contribution in [3.05, 3.63) is 65.7 Å². The molecule has 29 heavy (non-hydrogen) atoms. The van der Waals surface area contributed by atoms with Gasteiger partial charge in [-0.05, 0) is 55.8 Å². The van der Waals surface area contributed by atoms with Crippen molar-refractivity contribution in [3.63, 3.8) is 0 Å². The van der Waals surface area contributed by atoms with Gasteiger partial charge in [0, 0.05) is 29.7 Å². The van der Waals surface area contributed by atoms with Crippen molar-refractivity contribution in [3.8, 4) is 11.1 Å². The maximum atomic E-state index is 13.2. The van der Waals surface area contributed by atoms with Crippen LogP contribution in [-0.4, -0.2) is 27.2 Å². The first-order chi connectivity index (χ1) is 13.3. The number of amides is 1. The van der Waals surface area contributed by atoms with Gasteiger partial charge in [0.05, 0.1) is 17.8 Å². The lowest BCUT2D eigenvalue weighted by molar-refractivity contribution is -0.137. The van der Waals surface area contributed by atoms with Crippen molar-refractivity contribution in [1.29, 1.82) is 0 Å². The van der Waals surface area contributed by atoms with Crippen molar-refractivity contribution in [2.24, 2.45) is 0 Å². The zero-order valence-electron chi connectivity index (χ0n) is 15.7. The van der Waals surface area contributed by atoms with E-state index in [-0.39, 0.29) is 25.4 Å². The maximum absolute atomic E-state index is 13.2. The second-order valence-corrected chi connectivity index (χ2v) is 6.85. The number of hydrogen-bond donors (Lipinski definition) is 0. The Morgan fingerprint density at radius 3 is 2.45 bits per heavy atom. The molecule has 1 amide bonds. The third-order valence-corrected chi connectivity index (χ3v) is 4.82. The molecule has 5 nitrogen and oxygen atoms in total. The molecule has 0 saturated heterocycles. The molecule has 9 heteroatoms. The second kappa shape index (κ2) is 7.55. The number of aromatic nitrogens is 3. The molecule has 1 aliphatic rings. The van der Waals surface area contributed by atoms with Gasteiger partial charge in [-0.3, -0.25) is 14.5 Å². The lowest BCUT2D eigenvalue weighted by Crippen LogP contribution is -2.42. The van der Waals surface area contributed by atoms with E-state index in [0.29, 0.717) is 23.5 Å². The fraction of sp³-hybridized carbons (Fsp3) is 0.250. The van der Waals surface area contributed by atoms with E-state index in [1.54, 1.807) is 23.1 Å². The Bertz CT molecular complexity index is 1050. The van der Waals surface area contributed by atoms with Gasteiger partial charge in [0.25, 0.3) is 5.91 Å². The van der Waals surface area contributed by atoms with Crippen molar-refractivity contribution < 1.29 is 18.0 Å². The molecule has 1 atom stereocenters. The standard InChI is InChI=1S/C20H17F3N4O.H2S/c1-12-9-14(7-8-24-12)17-10-25-27-13(2)11-26(19(28)18(17)27)16-5-3-15(4-6-16)20(21,22)23;/h3-10,13H,11H2,1-2H3;1H2/t13-;/m0./s1. The van der Waals surface area contributed by atoms with Crippen LogP contribution < -0.4 is 4.90 Å². The Morgan fingerprint density at radius 1 is 1.14 bits per heavy atom. The van der Waals surface area contributed by atoms with Gasteiger partial charge in [0.2, 0.25) is 0 Å². The highest BCUT2D eigenvalue weighted by molar-refractivity contribution is 7.59. The van der Waals surface area contributed by atoms with Crippen LogP contribution in [0, 0.1) is 6.92 Å². The van der Waals surface area contributed by atoms with Crippen LogP contribution >= 0.6 is 13.5 Å². The highest BCUT2D eigenvalue weighted by atomic mass is 32.1. The van der Waals surface area contributed by atoms with Crippen LogP contribution in [0.15, 0.2) is 48.8 Å². The molecule has 0 unspecified atom stereocenters. The van der Waals surface area contributed by atoms with Crippen molar-refractivity contribution >= 4 is 25.1 Å². The lowest BCUT2D eigenvalue weighted by atomic mass is 10.0. The third kappa shape index (κ3) is 3.74. The summed E-state index contributed by atoms with van der Waals surface area (Å²) in [6.45, 7) is 4.10. The maximum Gasteiger partial charge on any atom is 0.416 e. The first kappa shape index (κ1) is 20.9. The molecule has 2 aromatic heterocycles. The molecule has 0 spiro atoms. The van der Waals surface area contributed by atoms with E-state index in [1.807, 2.05) is 19.9 Å². The van der Waals surface area contributed by atoms with Gasteiger partial charge in [0.1, 0.15) is 5.69 Å². The molecule has 152 valence electrons. The number of carbonyl (C=O) groups excluding carboxylic acids is 1. The van der Waals surface area contributed by atoms with Crippen LogP contribution in [0.1, 0.15) is 34.7 Å². The SMILES string of the molecule is Cc1cc(-c2cnn3c2C(=O)N(c2ccc(C(F)(F)F)cc2)C[C@@H]3C)ccn1.S. The number of halogens is 3. The summed E-state index contributed by atoms with van der Waals surface area (Å²) in [7, 11) is 0. The predicted molar refractivity (Wildman–Crippen MR) is 108 cm³/mol. The molecule has 0 aliphatic carbocycles. The second-order valence-electron chi connectivity index (χ2n) is 6.85. The van der Waals surface area contributed by atoms with E-state index in [0.717, 1.165) is 23.4 Å². The van der Waals surface area contributed by atoms with Gasteiger partial charge in [0.15, 0.2) is 0 Å². The number of aryl methyl sites for hydroxylation is 1. The minimum absolute atomic E-state index is 0. The molecule has 0 radical (unpaired) electrons. The van der Waals surface area contributed by atoms with Crippen LogP contribution in [0.4, 0.5) is 18.9 Å². The zero-order chi connectivity index (χ0) is 20.1. The minimum atomic E-state index is -4.41. The molecule has 3 aromatic rings. The summed E-state index contributed by atoms with van der Waals surface area (Å²) in [6.07, 6.45) is -1.10. The Hall–Kier alpha value is -2.81. The van der Waals surface area contributed by atoms with E-state index in [4.69, 9.17) is 0 Å². The quantitative estimate of drug-likeness (QED) is 0.609. The third-order valence-electron chi connectivity index (χ3n) is 4.82. The van der Waals surface area contributed by atoms with Gasteiger partial charge >= 0.3 is 6.18 Å². The molecule has 1 aliphatic heterocycles. The summed E-state index contributed by atoms with van der Waals surface area (Å²) in [5.41, 5.74) is 2.42. The summed E-state index contributed by atoms with van der Waals surface area (Å²) in [6, 6.07) is 8.20.